The molecule has 1 atom stereocenters. The van der Waals surface area contributed by atoms with Gasteiger partial charge in [-0.3, -0.25) is 0 Å². The average molecular weight is 430 g/mol. The third-order valence-electron chi connectivity index (χ3n) is 6.39. The maximum Gasteiger partial charge on any atom is 0.137 e. The van der Waals surface area contributed by atoms with Crippen molar-refractivity contribution in [1.82, 2.24) is 10.2 Å². The maximum absolute atomic E-state index is 5.25. The van der Waals surface area contributed by atoms with E-state index >= 15 is 0 Å². The highest BCUT2D eigenvalue weighted by atomic mass is 32.1. The van der Waals surface area contributed by atoms with Gasteiger partial charge in [-0.2, -0.15) is 0 Å². The van der Waals surface area contributed by atoms with Crippen molar-refractivity contribution in [1.29, 1.82) is 0 Å². The van der Waals surface area contributed by atoms with Crippen LogP contribution in [0.5, 0.6) is 0 Å². The van der Waals surface area contributed by atoms with Crippen molar-refractivity contribution in [3.05, 3.63) is 87.1 Å². The van der Waals surface area contributed by atoms with Gasteiger partial charge < -0.3 is 10.2 Å². The number of benzene rings is 2. The molecule has 2 aliphatic heterocycles. The van der Waals surface area contributed by atoms with Gasteiger partial charge in [-0.15, -0.1) is 11.3 Å². The first-order valence-electron chi connectivity index (χ1n) is 11.5. The summed E-state index contributed by atoms with van der Waals surface area (Å²) >= 11 is 1.97. The third-order valence-corrected chi connectivity index (χ3v) is 7.82. The van der Waals surface area contributed by atoms with Crippen LogP contribution in [0.4, 0.5) is 5.69 Å². The molecule has 31 heavy (non-hydrogen) atoms. The van der Waals surface area contributed by atoms with Crippen molar-refractivity contribution >= 4 is 22.9 Å². The van der Waals surface area contributed by atoms with Crippen LogP contribution in [0.15, 0.2) is 65.7 Å². The number of hydrogen-bond acceptors (Lipinski definition) is 4. The molecule has 1 fully saturated rings. The van der Waals surface area contributed by atoms with Gasteiger partial charge in [0.1, 0.15) is 5.84 Å². The van der Waals surface area contributed by atoms with Crippen LogP contribution >= 0.6 is 11.3 Å². The number of aryl methyl sites for hydroxylation is 1. The summed E-state index contributed by atoms with van der Waals surface area (Å²) < 4.78 is 0. The minimum Gasteiger partial charge on any atom is -0.353 e. The highest BCUT2D eigenvalue weighted by Crippen LogP contribution is 2.36. The largest absolute Gasteiger partial charge is 0.353 e. The lowest BCUT2D eigenvalue weighted by atomic mass is 10.0. The van der Waals surface area contributed by atoms with E-state index in [-0.39, 0.29) is 0 Å². The minimum atomic E-state index is 0.488. The van der Waals surface area contributed by atoms with Gasteiger partial charge in [0, 0.05) is 47.4 Å². The highest BCUT2D eigenvalue weighted by molar-refractivity contribution is 7.12. The lowest BCUT2D eigenvalue weighted by Gasteiger charge is -2.36. The number of nitrogens with zero attached hydrogens (tertiary/aromatic N) is 2. The first-order chi connectivity index (χ1) is 15.2. The molecular formula is C27H31N3S. The van der Waals surface area contributed by atoms with Crippen LogP contribution < -0.4 is 5.32 Å². The zero-order chi connectivity index (χ0) is 21.2. The molecule has 1 saturated heterocycles. The molecule has 0 bridgehead atoms. The van der Waals surface area contributed by atoms with E-state index in [0.29, 0.717) is 12.0 Å². The zero-order valence-electron chi connectivity index (χ0n) is 18.5. The van der Waals surface area contributed by atoms with E-state index < -0.39 is 0 Å². The number of amidine groups is 1. The number of aliphatic imine (C=N–C) groups is 1. The minimum absolute atomic E-state index is 0.488. The molecule has 5 rings (SSSR count). The van der Waals surface area contributed by atoms with Crippen molar-refractivity contribution in [3.63, 3.8) is 0 Å². The van der Waals surface area contributed by atoms with Gasteiger partial charge in [0.05, 0.1) is 5.69 Å². The Morgan fingerprint density at radius 2 is 1.90 bits per heavy atom. The molecule has 1 N–H and O–H groups in total. The standard InChI is InChI=1S/C27H31N3S/c1-19(2)25-17-23-26(31-25)16-21-10-6-7-11-24(21)29-27(23)30-15-14-28-22(18-30)13-12-20-8-4-3-5-9-20/h3-11,17,19,22,28H,12-16,18H2,1-2H3. The van der Waals surface area contributed by atoms with Crippen molar-refractivity contribution < 1.29 is 0 Å². The Kier molecular flexibility index (Phi) is 5.93. The summed E-state index contributed by atoms with van der Waals surface area (Å²) in [7, 11) is 0. The lowest BCUT2D eigenvalue weighted by molar-refractivity contribution is 0.282. The molecule has 2 aliphatic rings. The molecular weight excluding hydrogens is 398 g/mol. The summed E-state index contributed by atoms with van der Waals surface area (Å²) in [6, 6.07) is 22.4. The molecule has 3 nitrogen and oxygen atoms in total. The van der Waals surface area contributed by atoms with Crippen molar-refractivity contribution in [2.75, 3.05) is 19.6 Å². The van der Waals surface area contributed by atoms with Crippen molar-refractivity contribution in [2.24, 2.45) is 4.99 Å². The van der Waals surface area contributed by atoms with E-state index in [1.165, 1.54) is 32.3 Å². The van der Waals surface area contributed by atoms with Gasteiger partial charge >= 0.3 is 0 Å². The van der Waals surface area contributed by atoms with Crippen LogP contribution in [0, 0.1) is 0 Å². The van der Waals surface area contributed by atoms with Gasteiger partial charge in [-0.25, -0.2) is 4.99 Å². The highest BCUT2D eigenvalue weighted by Gasteiger charge is 2.28. The molecule has 3 aromatic rings. The summed E-state index contributed by atoms with van der Waals surface area (Å²) in [6.07, 6.45) is 3.25. The summed E-state index contributed by atoms with van der Waals surface area (Å²) in [4.78, 5) is 10.7. The zero-order valence-corrected chi connectivity index (χ0v) is 19.3. The number of thiophene rings is 1. The van der Waals surface area contributed by atoms with E-state index in [1.54, 1.807) is 0 Å². The Balaban J connectivity index is 1.42. The van der Waals surface area contributed by atoms with Crippen LogP contribution in [-0.4, -0.2) is 36.4 Å². The Morgan fingerprint density at radius 3 is 2.74 bits per heavy atom. The van der Waals surface area contributed by atoms with Crippen molar-refractivity contribution in [3.8, 4) is 0 Å². The fraction of sp³-hybridized carbons (Fsp3) is 0.370. The number of rotatable bonds is 4. The maximum atomic E-state index is 5.25. The molecule has 0 amide bonds. The molecule has 2 aromatic carbocycles. The topological polar surface area (TPSA) is 27.6 Å². The van der Waals surface area contributed by atoms with E-state index in [4.69, 9.17) is 4.99 Å². The summed E-state index contributed by atoms with van der Waals surface area (Å²) in [5, 5.41) is 3.75. The van der Waals surface area contributed by atoms with Gasteiger partial charge in [-0.05, 0) is 42.0 Å². The molecule has 0 saturated carbocycles. The van der Waals surface area contributed by atoms with E-state index in [9.17, 15) is 0 Å². The number of nitrogens with one attached hydrogen (secondary N) is 1. The predicted molar refractivity (Wildman–Crippen MR) is 132 cm³/mol. The second-order valence-corrected chi connectivity index (χ2v) is 10.2. The molecule has 4 heteroatoms. The Bertz CT molecular complexity index is 1070. The van der Waals surface area contributed by atoms with Crippen LogP contribution in [0.2, 0.25) is 0 Å². The molecule has 3 heterocycles. The van der Waals surface area contributed by atoms with Crippen LogP contribution in [-0.2, 0) is 12.8 Å². The predicted octanol–water partition coefficient (Wildman–Crippen LogP) is 5.76. The molecule has 0 radical (unpaired) electrons. The second-order valence-electron chi connectivity index (χ2n) is 9.00. The smallest absolute Gasteiger partial charge is 0.137 e. The van der Waals surface area contributed by atoms with Gasteiger partial charge in [0.15, 0.2) is 0 Å². The SMILES string of the molecule is CC(C)c1cc2c(s1)Cc1ccccc1N=C2N1CCNC(CCc2ccccc2)C1. The number of piperazine rings is 1. The lowest BCUT2D eigenvalue weighted by Crippen LogP contribution is -2.52. The van der Waals surface area contributed by atoms with E-state index in [0.717, 1.165) is 44.6 Å². The van der Waals surface area contributed by atoms with Crippen LogP contribution in [0.3, 0.4) is 0 Å². The number of hydrogen-bond donors (Lipinski definition) is 1. The first-order valence-corrected chi connectivity index (χ1v) is 12.3. The Morgan fingerprint density at radius 1 is 1.10 bits per heavy atom. The summed E-state index contributed by atoms with van der Waals surface area (Å²) in [6.45, 7) is 7.62. The van der Waals surface area contributed by atoms with Gasteiger partial charge in [0.2, 0.25) is 0 Å². The average Bonchev–Trinajstić information content (AvgIpc) is 3.15. The van der Waals surface area contributed by atoms with Crippen LogP contribution in [0.1, 0.15) is 52.6 Å². The fourth-order valence-corrected chi connectivity index (χ4v) is 5.79. The quantitative estimate of drug-likeness (QED) is 0.571. The number of fused-ring (bicyclic) bond motifs is 2. The fourth-order valence-electron chi connectivity index (χ4n) is 4.61. The number of para-hydroxylation sites is 1. The summed E-state index contributed by atoms with van der Waals surface area (Å²) in [5.41, 5.74) is 5.25. The molecule has 0 aliphatic carbocycles. The van der Waals surface area contributed by atoms with Crippen molar-refractivity contribution in [2.45, 2.75) is 45.1 Å². The van der Waals surface area contributed by atoms with E-state index in [2.05, 4.69) is 84.7 Å². The third kappa shape index (κ3) is 4.46. The molecule has 0 spiro atoms. The summed E-state index contributed by atoms with van der Waals surface area (Å²) in [5.74, 6) is 1.73. The Hall–Kier alpha value is -2.43. The monoisotopic (exact) mass is 429 g/mol. The second kappa shape index (κ2) is 8.97. The normalized spacial score (nSPS) is 18.4. The molecule has 1 unspecified atom stereocenters. The van der Waals surface area contributed by atoms with Gasteiger partial charge in [0.25, 0.3) is 0 Å². The molecule has 1 aromatic heterocycles. The Labute approximate surface area is 189 Å². The van der Waals surface area contributed by atoms with Gasteiger partial charge in [-0.1, -0.05) is 62.4 Å². The van der Waals surface area contributed by atoms with Crippen LogP contribution in [0.25, 0.3) is 0 Å². The molecule has 160 valence electrons. The first kappa shape index (κ1) is 20.5. The van der Waals surface area contributed by atoms with E-state index in [1.807, 2.05) is 11.3 Å².